The van der Waals surface area contributed by atoms with E-state index in [1.165, 1.54) is 11.3 Å². The quantitative estimate of drug-likeness (QED) is 0.748. The van der Waals surface area contributed by atoms with E-state index >= 15 is 0 Å². The molecule has 0 radical (unpaired) electrons. The average Bonchev–Trinajstić information content (AvgIpc) is 2.57. The number of nitrogens with zero attached hydrogens (tertiary/aromatic N) is 2. The maximum atomic E-state index is 4.24. The maximum Gasteiger partial charge on any atom is 0.0537 e. The molecular weight excluding hydrogens is 198 g/mol. The standard InChI is InChI=1S/C13H23N3/c1-6-7-10(2)11(3)14-8-13-9-15-16(5)12(13)4/h6,9-11,14H,1,7-8H2,2-5H3. The molecule has 3 heteroatoms. The molecule has 0 aliphatic carbocycles. The van der Waals surface area contributed by atoms with Crippen LogP contribution in [0.3, 0.4) is 0 Å². The van der Waals surface area contributed by atoms with Gasteiger partial charge in [0.2, 0.25) is 0 Å². The molecule has 90 valence electrons. The van der Waals surface area contributed by atoms with Crippen LogP contribution in [0.25, 0.3) is 0 Å². The molecular formula is C13H23N3. The highest BCUT2D eigenvalue weighted by molar-refractivity contribution is 5.15. The second kappa shape index (κ2) is 5.85. The highest BCUT2D eigenvalue weighted by atomic mass is 15.3. The van der Waals surface area contributed by atoms with Crippen molar-refractivity contribution in [1.29, 1.82) is 0 Å². The molecule has 1 aromatic rings. The fourth-order valence-electron chi connectivity index (χ4n) is 1.66. The van der Waals surface area contributed by atoms with Crippen LogP contribution in [-0.2, 0) is 13.6 Å². The van der Waals surface area contributed by atoms with Gasteiger partial charge in [0.1, 0.15) is 0 Å². The summed E-state index contributed by atoms with van der Waals surface area (Å²) in [5.41, 5.74) is 2.51. The molecule has 0 aliphatic heterocycles. The Morgan fingerprint density at radius 2 is 2.25 bits per heavy atom. The minimum Gasteiger partial charge on any atom is -0.310 e. The molecule has 0 saturated heterocycles. The van der Waals surface area contributed by atoms with Crippen molar-refractivity contribution < 1.29 is 0 Å². The molecule has 16 heavy (non-hydrogen) atoms. The topological polar surface area (TPSA) is 29.9 Å². The SMILES string of the molecule is C=CCC(C)C(C)NCc1cnn(C)c1C. The second-order valence-electron chi connectivity index (χ2n) is 4.55. The molecule has 0 bridgehead atoms. The smallest absolute Gasteiger partial charge is 0.0537 e. The van der Waals surface area contributed by atoms with Gasteiger partial charge in [0, 0.05) is 30.9 Å². The molecule has 1 rings (SSSR count). The monoisotopic (exact) mass is 221 g/mol. The van der Waals surface area contributed by atoms with E-state index < -0.39 is 0 Å². The summed E-state index contributed by atoms with van der Waals surface area (Å²) in [5, 5.41) is 7.77. The fourth-order valence-corrected chi connectivity index (χ4v) is 1.66. The van der Waals surface area contributed by atoms with Gasteiger partial charge in [0.25, 0.3) is 0 Å². The molecule has 1 aromatic heterocycles. The zero-order chi connectivity index (χ0) is 12.1. The Bertz CT molecular complexity index is 341. The Kier molecular flexibility index (Phi) is 4.74. The van der Waals surface area contributed by atoms with Crippen LogP contribution in [0.1, 0.15) is 31.5 Å². The Hall–Kier alpha value is -1.09. The minimum absolute atomic E-state index is 0.498. The summed E-state index contributed by atoms with van der Waals surface area (Å²) in [7, 11) is 1.97. The lowest BCUT2D eigenvalue weighted by atomic mass is 10.00. The number of hydrogen-bond donors (Lipinski definition) is 1. The predicted molar refractivity (Wildman–Crippen MR) is 68.2 cm³/mol. The zero-order valence-electron chi connectivity index (χ0n) is 10.8. The van der Waals surface area contributed by atoms with Gasteiger partial charge in [-0.2, -0.15) is 5.10 Å². The van der Waals surface area contributed by atoms with Crippen LogP contribution in [0.15, 0.2) is 18.9 Å². The Morgan fingerprint density at radius 3 is 2.75 bits per heavy atom. The van der Waals surface area contributed by atoms with Crippen LogP contribution < -0.4 is 5.32 Å². The second-order valence-corrected chi connectivity index (χ2v) is 4.55. The molecule has 1 heterocycles. The van der Waals surface area contributed by atoms with Gasteiger partial charge < -0.3 is 5.32 Å². The van der Waals surface area contributed by atoms with Gasteiger partial charge >= 0.3 is 0 Å². The highest BCUT2D eigenvalue weighted by Gasteiger charge is 2.11. The van der Waals surface area contributed by atoms with Gasteiger partial charge in [0.05, 0.1) is 6.20 Å². The Labute approximate surface area is 98.5 Å². The van der Waals surface area contributed by atoms with Crippen molar-refractivity contribution in [2.75, 3.05) is 0 Å². The van der Waals surface area contributed by atoms with Crippen LogP contribution in [0, 0.1) is 12.8 Å². The summed E-state index contributed by atoms with van der Waals surface area (Å²) >= 11 is 0. The lowest BCUT2D eigenvalue weighted by Gasteiger charge is -2.19. The molecule has 0 saturated carbocycles. The van der Waals surface area contributed by atoms with Crippen LogP contribution in [0.2, 0.25) is 0 Å². The normalized spacial score (nSPS) is 14.8. The van der Waals surface area contributed by atoms with Crippen LogP contribution in [0.5, 0.6) is 0 Å². The van der Waals surface area contributed by atoms with E-state index in [-0.39, 0.29) is 0 Å². The summed E-state index contributed by atoms with van der Waals surface area (Å²) in [6.07, 6.45) is 4.98. The van der Waals surface area contributed by atoms with Crippen LogP contribution in [-0.4, -0.2) is 15.8 Å². The number of hydrogen-bond acceptors (Lipinski definition) is 2. The Balaban J connectivity index is 2.45. The number of aromatic nitrogens is 2. The van der Waals surface area contributed by atoms with E-state index in [4.69, 9.17) is 0 Å². The van der Waals surface area contributed by atoms with Crippen molar-refractivity contribution in [1.82, 2.24) is 15.1 Å². The summed E-state index contributed by atoms with van der Waals surface area (Å²) in [4.78, 5) is 0. The van der Waals surface area contributed by atoms with Crippen LogP contribution >= 0.6 is 0 Å². The van der Waals surface area contributed by atoms with Gasteiger partial charge in [-0.15, -0.1) is 6.58 Å². The van der Waals surface area contributed by atoms with Crippen LogP contribution in [0.4, 0.5) is 0 Å². The van der Waals surface area contributed by atoms with Gasteiger partial charge in [-0.3, -0.25) is 4.68 Å². The average molecular weight is 221 g/mol. The first-order valence-corrected chi connectivity index (χ1v) is 5.88. The fraction of sp³-hybridized carbons (Fsp3) is 0.615. The molecule has 0 aliphatic rings. The van der Waals surface area contributed by atoms with Gasteiger partial charge in [-0.25, -0.2) is 0 Å². The largest absolute Gasteiger partial charge is 0.310 e. The van der Waals surface area contributed by atoms with Crippen molar-refractivity contribution in [3.05, 3.63) is 30.1 Å². The summed E-state index contributed by atoms with van der Waals surface area (Å²) in [5.74, 6) is 0.620. The van der Waals surface area contributed by atoms with Gasteiger partial charge in [0.15, 0.2) is 0 Å². The zero-order valence-corrected chi connectivity index (χ0v) is 10.8. The highest BCUT2D eigenvalue weighted by Crippen LogP contribution is 2.10. The van der Waals surface area contributed by atoms with Gasteiger partial charge in [-0.05, 0) is 26.2 Å². The summed E-state index contributed by atoms with van der Waals surface area (Å²) in [6, 6.07) is 0.498. The van der Waals surface area contributed by atoms with E-state index in [1.807, 2.05) is 24.0 Å². The third kappa shape index (κ3) is 3.20. The molecule has 1 N–H and O–H groups in total. The lowest BCUT2D eigenvalue weighted by molar-refractivity contribution is 0.402. The first-order valence-electron chi connectivity index (χ1n) is 5.88. The molecule has 2 unspecified atom stereocenters. The molecule has 0 spiro atoms. The third-order valence-corrected chi connectivity index (χ3v) is 3.34. The molecule has 3 nitrogen and oxygen atoms in total. The first kappa shape index (κ1) is 13.0. The van der Waals surface area contributed by atoms with E-state index in [0.717, 1.165) is 13.0 Å². The number of rotatable bonds is 6. The van der Waals surface area contributed by atoms with E-state index in [9.17, 15) is 0 Å². The van der Waals surface area contributed by atoms with Crippen molar-refractivity contribution >= 4 is 0 Å². The predicted octanol–water partition coefficient (Wildman–Crippen LogP) is 2.42. The summed E-state index contributed by atoms with van der Waals surface area (Å²) < 4.78 is 1.91. The molecule has 0 amide bonds. The van der Waals surface area contributed by atoms with Gasteiger partial charge in [-0.1, -0.05) is 13.0 Å². The third-order valence-electron chi connectivity index (χ3n) is 3.34. The van der Waals surface area contributed by atoms with E-state index in [2.05, 4.69) is 37.8 Å². The van der Waals surface area contributed by atoms with Crippen molar-refractivity contribution in [2.24, 2.45) is 13.0 Å². The number of nitrogens with one attached hydrogen (secondary N) is 1. The molecule has 0 aromatic carbocycles. The van der Waals surface area contributed by atoms with Crippen molar-refractivity contribution in [2.45, 2.75) is 39.8 Å². The maximum absolute atomic E-state index is 4.24. The summed E-state index contributed by atoms with van der Waals surface area (Å²) in [6.45, 7) is 11.2. The lowest BCUT2D eigenvalue weighted by Crippen LogP contribution is -2.31. The Morgan fingerprint density at radius 1 is 1.56 bits per heavy atom. The van der Waals surface area contributed by atoms with E-state index in [1.54, 1.807) is 0 Å². The number of aryl methyl sites for hydroxylation is 1. The first-order chi connectivity index (χ1) is 7.56. The van der Waals surface area contributed by atoms with Crippen molar-refractivity contribution in [3.63, 3.8) is 0 Å². The molecule has 2 atom stereocenters. The van der Waals surface area contributed by atoms with E-state index in [0.29, 0.717) is 12.0 Å². The molecule has 0 fully saturated rings. The van der Waals surface area contributed by atoms with Crippen molar-refractivity contribution in [3.8, 4) is 0 Å². The minimum atomic E-state index is 0.498. The number of allylic oxidation sites excluding steroid dienone is 1.